The van der Waals surface area contributed by atoms with E-state index in [1.54, 1.807) is 6.20 Å². The van der Waals surface area contributed by atoms with Crippen molar-refractivity contribution in [3.63, 3.8) is 0 Å². The quantitative estimate of drug-likeness (QED) is 0.0952. The molecule has 9 heteroatoms. The minimum absolute atomic E-state index is 0. The summed E-state index contributed by atoms with van der Waals surface area (Å²) in [6, 6.07) is 139. The molecule has 3 radical (unpaired) electrons. The molecule has 6 aromatic heterocycles. The minimum atomic E-state index is 0. The Morgan fingerprint density at radius 3 is 0.752 bits per heavy atom. The zero-order valence-corrected chi connectivity index (χ0v) is 86.9. The van der Waals surface area contributed by atoms with Gasteiger partial charge in [-0.2, -0.15) is 0 Å². The van der Waals surface area contributed by atoms with Gasteiger partial charge >= 0.3 is 0 Å². The number of hydrogen-bond donors (Lipinski definition) is 0. The molecule has 12 bridgehead atoms. The molecule has 12 aromatic carbocycles. The molecule has 12 aliphatic rings. The predicted molar refractivity (Wildman–Crippen MR) is 556 cm³/mol. The third-order valence-corrected chi connectivity index (χ3v) is 25.1. The summed E-state index contributed by atoms with van der Waals surface area (Å²) in [5.41, 5.74) is 42.5. The van der Waals surface area contributed by atoms with E-state index in [0.717, 1.165) is 157 Å². The number of rotatable bonds is 15. The predicted octanol–water partition coefficient (Wildman–Crippen LogP) is 30.6. The Morgan fingerprint density at radius 2 is 0.489 bits per heavy atom. The molecule has 0 atom stereocenters. The van der Waals surface area contributed by atoms with E-state index in [2.05, 4.69) is 313 Å². The molecule has 0 saturated carbocycles. The maximum Gasteiger partial charge on any atom is 0.0239 e. The van der Waals surface area contributed by atoms with E-state index in [4.69, 9.17) is 15.0 Å². The van der Waals surface area contributed by atoms with Crippen molar-refractivity contribution < 1.29 is 60.3 Å². The summed E-state index contributed by atoms with van der Waals surface area (Å²) >= 11 is 0. The zero-order chi connectivity index (χ0) is 92.2. The first-order valence-electron chi connectivity index (χ1n) is 47.9. The van der Waals surface area contributed by atoms with Crippen LogP contribution >= 0.6 is 0 Å². The summed E-state index contributed by atoms with van der Waals surface area (Å²) in [4.78, 5) is 27.1. The van der Waals surface area contributed by atoms with Gasteiger partial charge in [-0.05, 0) is 253 Å². The Labute approximate surface area is 855 Å². The SMILES string of the molecule is CC(C)Cc1c[c-]c(-c2ccccn2)cc1.CC(C)Cc1c[c-]c(-c2ccccn2)cc1.CC(C)c1cc2ccc1CCc1ccc(c(-c3ccc(-c4[c-]cccc4)nc3)c1)CC2.CC(C)c1cc2ccc1CCc1ccc(c(-c3ccc(-c4[c-]cccc4)nc3)c1)CC2.[Ir].[Ir].[Ir].[c-]1ccccc1-c1ccc(-c2cc3ccc2CCc2ccc(cc2)CC3)cn1.[c-]1ccccc1-c1ccccn1. The zero-order valence-electron chi connectivity index (χ0n) is 79.7. The summed E-state index contributed by atoms with van der Waals surface area (Å²) in [6.07, 6.45) is 26.5. The molecule has 0 unspecified atom stereocenters. The van der Waals surface area contributed by atoms with Gasteiger partial charge in [-0.1, -0.05) is 268 Å². The van der Waals surface area contributed by atoms with E-state index < -0.39 is 0 Å². The van der Waals surface area contributed by atoms with Crippen LogP contribution in [0.25, 0.3) is 101 Å². The van der Waals surface area contributed by atoms with Gasteiger partial charge in [-0.3, -0.25) is 0 Å². The van der Waals surface area contributed by atoms with Gasteiger partial charge < -0.3 is 29.9 Å². The number of nitrogens with zero attached hydrogens (tertiary/aromatic N) is 6. The van der Waals surface area contributed by atoms with Crippen LogP contribution in [-0.4, -0.2) is 29.9 Å². The van der Waals surface area contributed by atoms with E-state index >= 15 is 0 Å². The van der Waals surface area contributed by atoms with Crippen molar-refractivity contribution in [1.82, 2.24) is 29.9 Å². The molecule has 0 aliphatic heterocycles. The van der Waals surface area contributed by atoms with Crippen molar-refractivity contribution >= 4 is 0 Å². The van der Waals surface area contributed by atoms with E-state index in [9.17, 15) is 0 Å². The van der Waals surface area contributed by atoms with E-state index in [1.165, 1.54) is 122 Å². The number of pyridine rings is 6. The van der Waals surface area contributed by atoms with E-state index in [1.807, 2.05) is 164 Å². The first kappa shape index (κ1) is 102. The van der Waals surface area contributed by atoms with E-state index in [0.29, 0.717) is 23.7 Å². The van der Waals surface area contributed by atoms with Gasteiger partial charge in [0.15, 0.2) is 0 Å². The largest absolute Gasteiger partial charge is 0.305 e. The Balaban J connectivity index is 0.000000143. The minimum Gasteiger partial charge on any atom is -0.305 e. The van der Waals surface area contributed by atoms with Crippen molar-refractivity contribution in [3.8, 4) is 101 Å². The molecule has 6 heterocycles. The summed E-state index contributed by atoms with van der Waals surface area (Å²) in [6.45, 7) is 18.2. The van der Waals surface area contributed by atoms with Crippen LogP contribution in [0.4, 0.5) is 0 Å². The average Bonchev–Trinajstić information content (AvgIpc) is 0.835. The van der Waals surface area contributed by atoms with Crippen LogP contribution in [0.5, 0.6) is 0 Å². The normalized spacial score (nSPS) is 12.0. The average molecular weight is 2320 g/mol. The maximum absolute atomic E-state index is 4.76. The molecule has 18 aromatic rings. The van der Waals surface area contributed by atoms with Gasteiger partial charge in [-0.25, -0.2) is 0 Å². The Bertz CT molecular complexity index is 6390. The van der Waals surface area contributed by atoms with Gasteiger partial charge in [0, 0.05) is 97.5 Å². The van der Waals surface area contributed by atoms with Gasteiger partial charge in [0.25, 0.3) is 0 Å². The monoisotopic (exact) mass is 2320 g/mol. The molecular formula is C128H118Ir3N6-6. The van der Waals surface area contributed by atoms with Crippen LogP contribution in [0.3, 0.4) is 0 Å². The van der Waals surface area contributed by atoms with Crippen molar-refractivity contribution in [2.45, 2.75) is 157 Å². The molecule has 137 heavy (non-hydrogen) atoms. The van der Waals surface area contributed by atoms with Crippen LogP contribution < -0.4 is 0 Å². The van der Waals surface area contributed by atoms with Gasteiger partial charge in [0.05, 0.1) is 0 Å². The van der Waals surface area contributed by atoms with Crippen LogP contribution in [0.2, 0.25) is 0 Å². The van der Waals surface area contributed by atoms with Crippen molar-refractivity contribution in [1.29, 1.82) is 0 Å². The maximum atomic E-state index is 4.76. The first-order valence-corrected chi connectivity index (χ1v) is 47.9. The smallest absolute Gasteiger partial charge is 0.0239 e. The molecule has 0 fully saturated rings. The second-order valence-electron chi connectivity index (χ2n) is 36.6. The molecule has 0 amide bonds. The molecule has 0 N–H and O–H groups in total. The van der Waals surface area contributed by atoms with Gasteiger partial charge in [-0.15, -0.1) is 214 Å². The molecule has 693 valence electrons. The van der Waals surface area contributed by atoms with Gasteiger partial charge in [0.2, 0.25) is 0 Å². The molecular weight excluding hydrogens is 2200 g/mol. The summed E-state index contributed by atoms with van der Waals surface area (Å²) in [5, 5.41) is 0. The third kappa shape index (κ3) is 29.0. The summed E-state index contributed by atoms with van der Waals surface area (Å²) in [7, 11) is 0. The molecule has 30 rings (SSSR count). The second kappa shape index (κ2) is 51.6. The number of hydrogen-bond acceptors (Lipinski definition) is 6. The fourth-order valence-electron chi connectivity index (χ4n) is 17.8. The molecule has 0 saturated heterocycles. The molecule has 12 aliphatic carbocycles. The number of aryl methyl sites for hydroxylation is 12. The first-order chi connectivity index (χ1) is 65.7. The number of aromatic nitrogens is 6. The standard InChI is InChI=1S/2C30H28N.C27H22N.2C15H16N.C11H8N.3Ir/c2*1-21(2)28-18-22-8-12-24(28)13-9-23-11-15-25(14-10-22)29(19-23)27-16-17-30(31-20-27)26-6-4-3-5-7-26;1-2-4-24(5-3-1)27-17-16-25(19-28-27)26-18-22-11-10-20-6-8-21(9-7-20)12-14-23(26)15-13-22;2*1-12(2)11-13-6-8-14(9-7-13)15-5-3-4-10-16-15;1-2-6-10(7-3-1)11-8-4-5-9-12-11;;;/h2*3-6,8,11-12,15-21H,9-10,13-14H2,1-2H3;1-4,6-9,13,15-19H,10-12,14H2;2*3-8,10,12H,11H2,1-2H3;1-6,8-9H;;;/q6*-1;;;. The van der Waals surface area contributed by atoms with Crippen molar-refractivity contribution in [3.05, 3.63) is 502 Å². The summed E-state index contributed by atoms with van der Waals surface area (Å²) in [5.74, 6) is 2.52. The van der Waals surface area contributed by atoms with Crippen molar-refractivity contribution in [2.24, 2.45) is 11.8 Å². The Morgan fingerprint density at radius 1 is 0.226 bits per heavy atom. The molecule has 0 spiro atoms. The third-order valence-electron chi connectivity index (χ3n) is 25.1. The van der Waals surface area contributed by atoms with Crippen molar-refractivity contribution in [2.75, 3.05) is 0 Å². The fourth-order valence-corrected chi connectivity index (χ4v) is 17.8. The Hall–Kier alpha value is -12.5. The van der Waals surface area contributed by atoms with Crippen LogP contribution in [0.15, 0.2) is 377 Å². The van der Waals surface area contributed by atoms with Crippen LogP contribution in [0.1, 0.15) is 156 Å². The second-order valence-corrected chi connectivity index (χ2v) is 36.6. The van der Waals surface area contributed by atoms with Gasteiger partial charge in [0.1, 0.15) is 0 Å². The fraction of sp³-hybridized carbons (Fsp3) is 0.203. The number of benzene rings is 12. The molecule has 6 nitrogen and oxygen atoms in total. The van der Waals surface area contributed by atoms with E-state index in [-0.39, 0.29) is 60.3 Å². The van der Waals surface area contributed by atoms with Crippen LogP contribution in [-0.2, 0) is 150 Å². The summed E-state index contributed by atoms with van der Waals surface area (Å²) < 4.78 is 0. The topological polar surface area (TPSA) is 77.3 Å². The van der Waals surface area contributed by atoms with Crippen LogP contribution in [0, 0.1) is 48.2 Å². The Kier molecular flexibility index (Phi) is 38.4.